The number of alkyl halides is 2. The van der Waals surface area contributed by atoms with Crippen LogP contribution < -0.4 is 5.32 Å². The number of furan rings is 1. The number of hydrogen-bond donors (Lipinski definition) is 1. The summed E-state index contributed by atoms with van der Waals surface area (Å²) in [6.45, 7) is 2.78. The first-order valence-corrected chi connectivity index (χ1v) is 5.22. The van der Waals surface area contributed by atoms with Gasteiger partial charge in [-0.15, -0.1) is 0 Å². The molecule has 0 aliphatic rings. The molecule has 1 rings (SSSR count). The van der Waals surface area contributed by atoms with Gasteiger partial charge in [0.1, 0.15) is 11.5 Å². The molecule has 1 aromatic rings. The summed E-state index contributed by atoms with van der Waals surface area (Å²) in [5, 5.41) is 2.98. The van der Waals surface area contributed by atoms with E-state index in [1.54, 1.807) is 11.9 Å². The van der Waals surface area contributed by atoms with Crippen molar-refractivity contribution in [2.24, 2.45) is 0 Å². The molecule has 0 bridgehead atoms. The lowest BCUT2D eigenvalue weighted by molar-refractivity contribution is 0.0973. The molecule has 0 unspecified atom stereocenters. The highest BCUT2D eigenvalue weighted by molar-refractivity contribution is 5.20. The van der Waals surface area contributed by atoms with Crippen molar-refractivity contribution in [2.75, 3.05) is 20.6 Å². The molecular formula is C11H18F2N2O. The molecule has 5 heteroatoms. The first kappa shape index (κ1) is 13.1. The van der Waals surface area contributed by atoms with E-state index in [9.17, 15) is 8.78 Å². The van der Waals surface area contributed by atoms with E-state index in [4.69, 9.17) is 4.42 Å². The van der Waals surface area contributed by atoms with Gasteiger partial charge in [0.15, 0.2) is 0 Å². The van der Waals surface area contributed by atoms with Crippen molar-refractivity contribution < 1.29 is 13.2 Å². The first-order chi connectivity index (χ1) is 7.52. The van der Waals surface area contributed by atoms with Crippen molar-refractivity contribution in [3.63, 3.8) is 0 Å². The van der Waals surface area contributed by atoms with Gasteiger partial charge in [-0.25, -0.2) is 8.78 Å². The Morgan fingerprint density at radius 3 is 2.75 bits per heavy atom. The predicted octanol–water partition coefficient (Wildman–Crippen LogP) is 2.00. The summed E-state index contributed by atoms with van der Waals surface area (Å²) in [4.78, 5) is 1.59. The maximum Gasteiger partial charge on any atom is 0.251 e. The minimum absolute atomic E-state index is 0.216. The summed E-state index contributed by atoms with van der Waals surface area (Å²) in [6.07, 6.45) is -2.30. The largest absolute Gasteiger partial charge is 0.465 e. The summed E-state index contributed by atoms with van der Waals surface area (Å²) in [6, 6.07) is 1.91. The maximum absolute atomic E-state index is 12.1. The van der Waals surface area contributed by atoms with E-state index in [-0.39, 0.29) is 6.54 Å². The van der Waals surface area contributed by atoms with Crippen LogP contribution >= 0.6 is 0 Å². The zero-order chi connectivity index (χ0) is 12.1. The molecule has 1 heterocycles. The monoisotopic (exact) mass is 232 g/mol. The van der Waals surface area contributed by atoms with Gasteiger partial charge in [0.2, 0.25) is 0 Å². The Labute approximate surface area is 94.4 Å². The first-order valence-electron chi connectivity index (χ1n) is 5.22. The van der Waals surface area contributed by atoms with Crippen LogP contribution in [0.4, 0.5) is 8.78 Å². The fraction of sp³-hybridized carbons (Fsp3) is 0.636. The molecule has 3 nitrogen and oxygen atoms in total. The lowest BCUT2D eigenvalue weighted by atomic mass is 10.2. The lowest BCUT2D eigenvalue weighted by Gasteiger charge is -2.14. The Morgan fingerprint density at radius 2 is 2.19 bits per heavy atom. The van der Waals surface area contributed by atoms with Crippen molar-refractivity contribution in [3.8, 4) is 0 Å². The van der Waals surface area contributed by atoms with E-state index in [0.29, 0.717) is 13.1 Å². The summed E-state index contributed by atoms with van der Waals surface area (Å²) in [5.74, 6) is 1.63. The third kappa shape index (κ3) is 3.90. The maximum atomic E-state index is 12.1. The minimum Gasteiger partial charge on any atom is -0.465 e. The van der Waals surface area contributed by atoms with Crippen LogP contribution in [-0.2, 0) is 13.1 Å². The topological polar surface area (TPSA) is 28.4 Å². The number of hydrogen-bond acceptors (Lipinski definition) is 3. The second-order valence-electron chi connectivity index (χ2n) is 3.91. The highest BCUT2D eigenvalue weighted by Crippen LogP contribution is 2.16. The average Bonchev–Trinajstić information content (AvgIpc) is 2.46. The molecule has 92 valence electrons. The number of rotatable bonds is 6. The van der Waals surface area contributed by atoms with Gasteiger partial charge in [0.05, 0.1) is 13.1 Å². The number of halogens is 2. The van der Waals surface area contributed by atoms with E-state index in [0.717, 1.165) is 17.1 Å². The van der Waals surface area contributed by atoms with Crippen LogP contribution in [0.1, 0.15) is 17.1 Å². The third-order valence-corrected chi connectivity index (χ3v) is 2.31. The lowest BCUT2D eigenvalue weighted by Crippen LogP contribution is -2.24. The summed E-state index contributed by atoms with van der Waals surface area (Å²) < 4.78 is 29.8. The molecule has 0 radical (unpaired) electrons. The normalized spacial score (nSPS) is 11.7. The second-order valence-corrected chi connectivity index (χ2v) is 3.91. The highest BCUT2D eigenvalue weighted by Gasteiger charge is 2.12. The summed E-state index contributed by atoms with van der Waals surface area (Å²) in [5.41, 5.74) is 0.966. The Hall–Kier alpha value is -0.940. The van der Waals surface area contributed by atoms with Crippen molar-refractivity contribution >= 4 is 0 Å². The van der Waals surface area contributed by atoms with Gasteiger partial charge in [0.25, 0.3) is 6.43 Å². The third-order valence-electron chi connectivity index (χ3n) is 2.31. The molecule has 0 aliphatic carbocycles. The number of aryl methyl sites for hydroxylation is 1. The van der Waals surface area contributed by atoms with Crippen LogP contribution in [0.25, 0.3) is 0 Å². The van der Waals surface area contributed by atoms with E-state index in [1.165, 1.54) is 0 Å². The van der Waals surface area contributed by atoms with Crippen LogP contribution in [0.2, 0.25) is 0 Å². The molecular weight excluding hydrogens is 214 g/mol. The molecule has 0 saturated heterocycles. The molecule has 16 heavy (non-hydrogen) atoms. The van der Waals surface area contributed by atoms with E-state index in [2.05, 4.69) is 5.32 Å². The fourth-order valence-corrected chi connectivity index (χ4v) is 1.60. The Bertz CT molecular complexity index is 326. The SMILES string of the molecule is CNCc1cc(CN(C)CC(F)F)c(C)o1. The molecule has 0 fully saturated rings. The predicted molar refractivity (Wildman–Crippen MR) is 58.5 cm³/mol. The van der Waals surface area contributed by atoms with E-state index in [1.807, 2.05) is 20.0 Å². The van der Waals surface area contributed by atoms with Crippen LogP contribution in [0, 0.1) is 6.92 Å². The molecule has 1 aromatic heterocycles. The van der Waals surface area contributed by atoms with Crippen LogP contribution in [-0.4, -0.2) is 32.0 Å². The van der Waals surface area contributed by atoms with Crippen LogP contribution in [0.15, 0.2) is 10.5 Å². The fourth-order valence-electron chi connectivity index (χ4n) is 1.60. The Kier molecular flexibility index (Phi) is 4.89. The molecule has 0 saturated carbocycles. The zero-order valence-electron chi connectivity index (χ0n) is 9.89. The van der Waals surface area contributed by atoms with Crippen molar-refractivity contribution in [2.45, 2.75) is 26.4 Å². The standard InChI is InChI=1S/C11H18F2N2O/c1-8-9(4-10(16-8)5-14-2)6-15(3)7-11(12)13/h4,11,14H,5-7H2,1-3H3. The smallest absolute Gasteiger partial charge is 0.251 e. The molecule has 1 N–H and O–H groups in total. The van der Waals surface area contributed by atoms with Gasteiger partial charge >= 0.3 is 0 Å². The van der Waals surface area contributed by atoms with Crippen LogP contribution in [0.5, 0.6) is 0 Å². The highest BCUT2D eigenvalue weighted by atomic mass is 19.3. The van der Waals surface area contributed by atoms with E-state index < -0.39 is 6.43 Å². The number of nitrogens with zero attached hydrogens (tertiary/aromatic N) is 1. The van der Waals surface area contributed by atoms with Gasteiger partial charge in [-0.3, -0.25) is 4.90 Å². The van der Waals surface area contributed by atoms with Gasteiger partial charge in [0, 0.05) is 12.1 Å². The molecule has 0 aliphatic heterocycles. The van der Waals surface area contributed by atoms with Crippen molar-refractivity contribution in [1.29, 1.82) is 0 Å². The number of nitrogens with one attached hydrogen (secondary N) is 1. The van der Waals surface area contributed by atoms with Gasteiger partial charge in [-0.05, 0) is 27.1 Å². The van der Waals surface area contributed by atoms with Gasteiger partial charge in [-0.2, -0.15) is 0 Å². The minimum atomic E-state index is -2.30. The quantitative estimate of drug-likeness (QED) is 0.813. The Balaban J connectivity index is 2.58. The van der Waals surface area contributed by atoms with Crippen molar-refractivity contribution in [3.05, 3.63) is 23.2 Å². The van der Waals surface area contributed by atoms with Crippen molar-refractivity contribution in [1.82, 2.24) is 10.2 Å². The zero-order valence-corrected chi connectivity index (χ0v) is 9.89. The van der Waals surface area contributed by atoms with Crippen LogP contribution in [0.3, 0.4) is 0 Å². The van der Waals surface area contributed by atoms with Gasteiger partial charge in [-0.1, -0.05) is 0 Å². The summed E-state index contributed by atoms with van der Waals surface area (Å²) >= 11 is 0. The second kappa shape index (κ2) is 5.96. The average molecular weight is 232 g/mol. The molecule has 0 amide bonds. The Morgan fingerprint density at radius 1 is 1.50 bits per heavy atom. The molecule has 0 aromatic carbocycles. The molecule has 0 atom stereocenters. The molecule has 0 spiro atoms. The van der Waals surface area contributed by atoms with E-state index >= 15 is 0 Å². The summed E-state index contributed by atoms with van der Waals surface area (Å²) in [7, 11) is 3.51. The van der Waals surface area contributed by atoms with Gasteiger partial charge < -0.3 is 9.73 Å².